The number of aromatic nitrogens is 2. The van der Waals surface area contributed by atoms with Gasteiger partial charge < -0.3 is 9.30 Å². The molecule has 108 valence electrons. The molecule has 21 heavy (non-hydrogen) atoms. The smallest absolute Gasteiger partial charge is 0.337 e. The minimum absolute atomic E-state index is 0.327. The molecule has 2 aromatic heterocycles. The summed E-state index contributed by atoms with van der Waals surface area (Å²) in [6.45, 7) is 0.695. The Morgan fingerprint density at radius 2 is 2.29 bits per heavy atom. The van der Waals surface area contributed by atoms with Crippen LogP contribution in [0.4, 0.5) is 0 Å². The van der Waals surface area contributed by atoms with Crippen molar-refractivity contribution in [2.75, 3.05) is 7.11 Å². The number of hydrogen-bond donors (Lipinski definition) is 0. The lowest BCUT2D eigenvalue weighted by molar-refractivity contribution is 0.0601. The highest BCUT2D eigenvalue weighted by Crippen LogP contribution is 2.22. The summed E-state index contributed by atoms with van der Waals surface area (Å²) in [4.78, 5) is 17.4. The summed E-state index contributed by atoms with van der Waals surface area (Å²) in [5, 5.41) is 2.04. The van der Waals surface area contributed by atoms with Gasteiger partial charge in [0.1, 0.15) is 5.82 Å². The number of methoxy groups -OCH3 is 1. The Morgan fingerprint density at radius 1 is 1.43 bits per heavy atom. The van der Waals surface area contributed by atoms with E-state index in [0.717, 1.165) is 16.9 Å². The van der Waals surface area contributed by atoms with Gasteiger partial charge in [-0.25, -0.2) is 9.78 Å². The number of nitrogens with zero attached hydrogens (tertiary/aromatic N) is 2. The number of alkyl halides is 1. The number of carbonyl (C=O) groups is 1. The third-order valence-corrected chi connectivity index (χ3v) is 4.36. The van der Waals surface area contributed by atoms with Crippen molar-refractivity contribution >= 4 is 39.9 Å². The van der Waals surface area contributed by atoms with Crippen LogP contribution in [0.3, 0.4) is 0 Å². The van der Waals surface area contributed by atoms with Gasteiger partial charge in [-0.3, -0.25) is 0 Å². The molecule has 0 spiro atoms. The second kappa shape index (κ2) is 5.87. The molecule has 6 heteroatoms. The molecule has 0 bridgehead atoms. The fraction of sp³-hybridized carbons (Fsp3) is 0.200. The highest BCUT2D eigenvalue weighted by Gasteiger charge is 2.14. The van der Waals surface area contributed by atoms with Crippen LogP contribution < -0.4 is 0 Å². The van der Waals surface area contributed by atoms with Gasteiger partial charge in [0.25, 0.3) is 0 Å². The zero-order valence-corrected chi connectivity index (χ0v) is 12.9. The van der Waals surface area contributed by atoms with E-state index in [1.165, 1.54) is 12.0 Å². The van der Waals surface area contributed by atoms with Crippen molar-refractivity contribution in [3.63, 3.8) is 0 Å². The van der Waals surface area contributed by atoms with Gasteiger partial charge in [-0.2, -0.15) is 0 Å². The second-order valence-electron chi connectivity index (χ2n) is 4.52. The number of benzene rings is 1. The molecule has 0 saturated carbocycles. The van der Waals surface area contributed by atoms with Crippen LogP contribution in [0.25, 0.3) is 11.0 Å². The lowest BCUT2D eigenvalue weighted by Gasteiger charge is -2.06. The van der Waals surface area contributed by atoms with Crippen LogP contribution in [-0.2, 0) is 17.2 Å². The average Bonchev–Trinajstić information content (AvgIpc) is 3.14. The quantitative estimate of drug-likeness (QED) is 0.544. The van der Waals surface area contributed by atoms with Crippen LogP contribution in [0.1, 0.15) is 21.1 Å². The summed E-state index contributed by atoms with van der Waals surface area (Å²) in [6.07, 6.45) is 0. The Labute approximate surface area is 130 Å². The molecule has 0 saturated heterocycles. The number of esters is 1. The number of halogens is 1. The topological polar surface area (TPSA) is 44.1 Å². The van der Waals surface area contributed by atoms with Gasteiger partial charge in [0.15, 0.2) is 0 Å². The maximum absolute atomic E-state index is 11.7. The van der Waals surface area contributed by atoms with Gasteiger partial charge in [-0.1, -0.05) is 6.07 Å². The number of rotatable bonds is 4. The van der Waals surface area contributed by atoms with E-state index in [4.69, 9.17) is 16.3 Å². The van der Waals surface area contributed by atoms with Gasteiger partial charge in [0.05, 0.1) is 36.1 Å². The molecule has 0 fully saturated rings. The summed E-state index contributed by atoms with van der Waals surface area (Å²) < 4.78 is 6.81. The van der Waals surface area contributed by atoms with Crippen molar-refractivity contribution in [1.29, 1.82) is 0 Å². The molecule has 0 radical (unpaired) electrons. The molecule has 2 heterocycles. The van der Waals surface area contributed by atoms with E-state index in [9.17, 15) is 4.79 Å². The normalized spacial score (nSPS) is 11.0. The number of thiophene rings is 1. The SMILES string of the molecule is COC(=O)c1ccc2nc(CCl)n(Cc3cccs3)c2c1. The number of imidazole rings is 1. The lowest BCUT2D eigenvalue weighted by Crippen LogP contribution is -2.04. The van der Waals surface area contributed by atoms with Crippen molar-refractivity contribution < 1.29 is 9.53 Å². The zero-order valence-electron chi connectivity index (χ0n) is 11.4. The first kappa shape index (κ1) is 14.1. The van der Waals surface area contributed by atoms with Crippen molar-refractivity contribution in [3.05, 3.63) is 52.0 Å². The Bertz CT molecular complexity index is 780. The van der Waals surface area contributed by atoms with Gasteiger partial charge >= 0.3 is 5.97 Å². The monoisotopic (exact) mass is 320 g/mol. The molecule has 0 N–H and O–H groups in total. The molecule has 4 nitrogen and oxygen atoms in total. The van der Waals surface area contributed by atoms with E-state index < -0.39 is 0 Å². The number of carbonyl (C=O) groups excluding carboxylic acids is 1. The van der Waals surface area contributed by atoms with Crippen molar-refractivity contribution in [1.82, 2.24) is 9.55 Å². The predicted molar refractivity (Wildman–Crippen MR) is 84.1 cm³/mol. The van der Waals surface area contributed by atoms with Crippen LogP contribution in [-0.4, -0.2) is 22.6 Å². The third-order valence-electron chi connectivity index (χ3n) is 3.26. The Balaban J connectivity index is 2.12. The molecule has 0 aliphatic carbocycles. The number of hydrogen-bond acceptors (Lipinski definition) is 4. The van der Waals surface area contributed by atoms with E-state index >= 15 is 0 Å². The van der Waals surface area contributed by atoms with Gasteiger partial charge in [-0.15, -0.1) is 22.9 Å². The first-order valence-corrected chi connectivity index (χ1v) is 7.80. The molecule has 0 aliphatic rings. The first-order valence-electron chi connectivity index (χ1n) is 6.38. The highest BCUT2D eigenvalue weighted by molar-refractivity contribution is 7.09. The molecule has 0 aliphatic heterocycles. The standard InChI is InChI=1S/C15H13ClN2O2S/c1-20-15(19)10-4-5-12-13(7-10)18(14(8-16)17-12)9-11-3-2-6-21-11/h2-7H,8-9H2,1H3. The predicted octanol–water partition coefficient (Wildman–Crippen LogP) is 3.67. The molecular formula is C15H13ClN2O2S. The first-order chi connectivity index (χ1) is 10.2. The summed E-state index contributed by atoms with van der Waals surface area (Å²) in [5.74, 6) is 0.767. The molecule has 3 rings (SSSR count). The van der Waals surface area contributed by atoms with Crippen LogP contribution in [0.5, 0.6) is 0 Å². The number of ether oxygens (including phenoxy) is 1. The fourth-order valence-electron chi connectivity index (χ4n) is 2.25. The van der Waals surface area contributed by atoms with Crippen molar-refractivity contribution in [2.24, 2.45) is 0 Å². The maximum Gasteiger partial charge on any atom is 0.337 e. The summed E-state index contributed by atoms with van der Waals surface area (Å²) in [7, 11) is 1.37. The van der Waals surface area contributed by atoms with E-state index in [1.54, 1.807) is 23.5 Å². The van der Waals surface area contributed by atoms with Crippen LogP contribution in [0.2, 0.25) is 0 Å². The largest absolute Gasteiger partial charge is 0.465 e. The lowest BCUT2D eigenvalue weighted by atomic mass is 10.2. The minimum Gasteiger partial charge on any atom is -0.465 e. The van der Waals surface area contributed by atoms with Crippen LogP contribution >= 0.6 is 22.9 Å². The molecule has 0 amide bonds. The van der Waals surface area contributed by atoms with E-state index in [1.807, 2.05) is 22.1 Å². The van der Waals surface area contributed by atoms with Crippen molar-refractivity contribution in [2.45, 2.75) is 12.4 Å². The van der Waals surface area contributed by atoms with Gasteiger partial charge in [0, 0.05) is 4.88 Å². The van der Waals surface area contributed by atoms with Gasteiger partial charge in [0.2, 0.25) is 0 Å². The molecule has 1 aromatic carbocycles. The van der Waals surface area contributed by atoms with Crippen LogP contribution in [0.15, 0.2) is 35.7 Å². The Kier molecular flexibility index (Phi) is 3.94. The second-order valence-corrected chi connectivity index (χ2v) is 5.82. The average molecular weight is 321 g/mol. The van der Waals surface area contributed by atoms with Crippen LogP contribution in [0, 0.1) is 0 Å². The van der Waals surface area contributed by atoms with E-state index in [-0.39, 0.29) is 5.97 Å². The fourth-order valence-corrected chi connectivity index (χ4v) is 3.15. The van der Waals surface area contributed by atoms with E-state index in [2.05, 4.69) is 11.1 Å². The third kappa shape index (κ3) is 2.66. The zero-order chi connectivity index (χ0) is 14.8. The Hall–Kier alpha value is -1.85. The molecule has 0 unspecified atom stereocenters. The maximum atomic E-state index is 11.7. The summed E-state index contributed by atoms with van der Waals surface area (Å²) >= 11 is 7.68. The summed E-state index contributed by atoms with van der Waals surface area (Å²) in [5.41, 5.74) is 2.23. The van der Waals surface area contributed by atoms with Crippen molar-refractivity contribution in [3.8, 4) is 0 Å². The Morgan fingerprint density at radius 3 is 2.95 bits per heavy atom. The molecule has 0 atom stereocenters. The highest BCUT2D eigenvalue weighted by atomic mass is 35.5. The molecular weight excluding hydrogens is 308 g/mol. The minimum atomic E-state index is -0.354. The van der Waals surface area contributed by atoms with Gasteiger partial charge in [-0.05, 0) is 29.6 Å². The molecule has 3 aromatic rings. The number of fused-ring (bicyclic) bond motifs is 1. The summed E-state index contributed by atoms with van der Waals surface area (Å²) in [6, 6.07) is 9.42. The van der Waals surface area contributed by atoms with E-state index in [0.29, 0.717) is 18.0 Å².